The van der Waals surface area contributed by atoms with E-state index in [9.17, 15) is 0 Å². The minimum atomic E-state index is 0.753. The molecule has 100 valence electrons. The van der Waals surface area contributed by atoms with Crippen LogP contribution in [-0.2, 0) is 0 Å². The third-order valence-corrected chi connectivity index (χ3v) is 3.15. The second kappa shape index (κ2) is 7.74. The van der Waals surface area contributed by atoms with Gasteiger partial charge in [-0.05, 0) is 35.4 Å². The van der Waals surface area contributed by atoms with Gasteiger partial charge in [0.25, 0.3) is 0 Å². The number of halogens is 2. The first kappa shape index (κ1) is 14.6. The van der Waals surface area contributed by atoms with E-state index >= 15 is 0 Å². The van der Waals surface area contributed by atoms with Crippen LogP contribution in [0.2, 0.25) is 10.0 Å². The molecule has 2 aromatic rings. The molecule has 20 heavy (non-hydrogen) atoms. The van der Waals surface area contributed by atoms with Crippen LogP contribution in [-0.4, -0.2) is 0 Å². The predicted molar refractivity (Wildman–Crippen MR) is 90.1 cm³/mol. The molecule has 0 aromatic heterocycles. The zero-order valence-electron chi connectivity index (χ0n) is 10.8. The Morgan fingerprint density at radius 3 is 1.20 bits per heavy atom. The molecule has 0 bridgehead atoms. The number of allylic oxidation sites excluding steroid dienone is 4. The maximum absolute atomic E-state index is 5.83. The van der Waals surface area contributed by atoms with Crippen molar-refractivity contribution in [3.63, 3.8) is 0 Å². The van der Waals surface area contributed by atoms with E-state index in [0.717, 1.165) is 21.2 Å². The third-order valence-electron chi connectivity index (χ3n) is 2.65. The van der Waals surface area contributed by atoms with Crippen LogP contribution < -0.4 is 0 Å². The van der Waals surface area contributed by atoms with E-state index in [4.69, 9.17) is 23.2 Å². The third kappa shape index (κ3) is 5.08. The van der Waals surface area contributed by atoms with Gasteiger partial charge in [0.05, 0.1) is 0 Å². The van der Waals surface area contributed by atoms with Crippen molar-refractivity contribution in [1.29, 1.82) is 0 Å². The Kier molecular flexibility index (Phi) is 5.67. The highest BCUT2D eigenvalue weighted by Crippen LogP contribution is 2.11. The van der Waals surface area contributed by atoms with Crippen LogP contribution in [0.3, 0.4) is 0 Å². The van der Waals surface area contributed by atoms with Crippen molar-refractivity contribution in [2.45, 2.75) is 0 Å². The number of hydrogen-bond donors (Lipinski definition) is 0. The van der Waals surface area contributed by atoms with E-state index in [1.807, 2.05) is 85.0 Å². The Hall–Kier alpha value is -1.76. The lowest BCUT2D eigenvalue weighted by atomic mass is 10.2. The average molecular weight is 301 g/mol. The highest BCUT2D eigenvalue weighted by Gasteiger charge is 1.86. The van der Waals surface area contributed by atoms with Gasteiger partial charge in [-0.3, -0.25) is 0 Å². The standard InChI is InChI=1S/C18H14Cl2/c19-17-11-7-15(8-12-17)5-3-1-2-4-6-16-9-13-18(20)14-10-16/h1-14H/b2-1-,5-3+,6-4+. The Morgan fingerprint density at radius 1 is 0.500 bits per heavy atom. The van der Waals surface area contributed by atoms with Crippen LogP contribution in [0.1, 0.15) is 11.1 Å². The summed E-state index contributed by atoms with van der Waals surface area (Å²) in [6.07, 6.45) is 12.0. The summed E-state index contributed by atoms with van der Waals surface area (Å²) in [6.45, 7) is 0. The van der Waals surface area contributed by atoms with Crippen molar-refractivity contribution in [2.24, 2.45) is 0 Å². The normalized spacial score (nSPS) is 11.9. The summed E-state index contributed by atoms with van der Waals surface area (Å²) < 4.78 is 0. The Morgan fingerprint density at radius 2 is 0.850 bits per heavy atom. The molecule has 2 aromatic carbocycles. The summed E-state index contributed by atoms with van der Waals surface area (Å²) in [4.78, 5) is 0. The molecule has 0 heterocycles. The molecule has 0 aliphatic heterocycles. The van der Waals surface area contributed by atoms with Crippen LogP contribution in [0, 0.1) is 0 Å². The maximum Gasteiger partial charge on any atom is 0.0406 e. The van der Waals surface area contributed by atoms with Crippen molar-refractivity contribution in [3.8, 4) is 0 Å². The minimum absolute atomic E-state index is 0.753. The van der Waals surface area contributed by atoms with Gasteiger partial charge in [0.2, 0.25) is 0 Å². The van der Waals surface area contributed by atoms with E-state index in [0.29, 0.717) is 0 Å². The molecule has 2 rings (SSSR count). The topological polar surface area (TPSA) is 0 Å². The van der Waals surface area contributed by atoms with Gasteiger partial charge in [-0.2, -0.15) is 0 Å². The Labute approximate surface area is 129 Å². The molecule has 0 N–H and O–H groups in total. The molecular formula is C18H14Cl2. The number of benzene rings is 2. The molecular weight excluding hydrogens is 287 g/mol. The van der Waals surface area contributed by atoms with Crippen molar-refractivity contribution in [3.05, 3.63) is 94.0 Å². The zero-order valence-corrected chi connectivity index (χ0v) is 12.4. The van der Waals surface area contributed by atoms with Gasteiger partial charge in [-0.25, -0.2) is 0 Å². The summed E-state index contributed by atoms with van der Waals surface area (Å²) in [5.74, 6) is 0. The first-order valence-electron chi connectivity index (χ1n) is 6.26. The molecule has 0 unspecified atom stereocenters. The lowest BCUT2D eigenvalue weighted by molar-refractivity contribution is 1.65. The number of hydrogen-bond acceptors (Lipinski definition) is 0. The monoisotopic (exact) mass is 300 g/mol. The van der Waals surface area contributed by atoms with E-state index in [1.54, 1.807) is 0 Å². The minimum Gasteiger partial charge on any atom is -0.0843 e. The van der Waals surface area contributed by atoms with E-state index < -0.39 is 0 Å². The van der Waals surface area contributed by atoms with Gasteiger partial charge in [-0.1, -0.05) is 83.9 Å². The largest absolute Gasteiger partial charge is 0.0843 e. The Bertz CT molecular complexity index is 560. The van der Waals surface area contributed by atoms with Crippen LogP contribution in [0.25, 0.3) is 12.2 Å². The first-order chi connectivity index (χ1) is 9.74. The van der Waals surface area contributed by atoms with Crippen LogP contribution in [0.15, 0.2) is 72.8 Å². The fraction of sp³-hybridized carbons (Fsp3) is 0. The van der Waals surface area contributed by atoms with Gasteiger partial charge in [0, 0.05) is 10.0 Å². The van der Waals surface area contributed by atoms with Crippen LogP contribution >= 0.6 is 23.2 Å². The summed E-state index contributed by atoms with van der Waals surface area (Å²) in [6, 6.07) is 15.5. The van der Waals surface area contributed by atoms with Gasteiger partial charge < -0.3 is 0 Å². The van der Waals surface area contributed by atoms with Gasteiger partial charge in [-0.15, -0.1) is 0 Å². The Balaban J connectivity index is 1.87. The van der Waals surface area contributed by atoms with E-state index in [1.165, 1.54) is 0 Å². The average Bonchev–Trinajstić information content (AvgIpc) is 2.46. The highest BCUT2D eigenvalue weighted by atomic mass is 35.5. The molecule has 0 spiro atoms. The molecule has 0 atom stereocenters. The summed E-state index contributed by atoms with van der Waals surface area (Å²) >= 11 is 11.7. The highest BCUT2D eigenvalue weighted by molar-refractivity contribution is 6.30. The number of rotatable bonds is 4. The first-order valence-corrected chi connectivity index (χ1v) is 7.02. The lowest BCUT2D eigenvalue weighted by Gasteiger charge is -1.92. The quantitative estimate of drug-likeness (QED) is 0.583. The van der Waals surface area contributed by atoms with E-state index in [-0.39, 0.29) is 0 Å². The molecule has 0 saturated heterocycles. The summed E-state index contributed by atoms with van der Waals surface area (Å²) in [5.41, 5.74) is 2.25. The second-order valence-electron chi connectivity index (χ2n) is 4.21. The molecule has 0 amide bonds. The molecule has 0 aliphatic rings. The van der Waals surface area contributed by atoms with Crippen molar-refractivity contribution in [1.82, 2.24) is 0 Å². The second-order valence-corrected chi connectivity index (χ2v) is 5.08. The van der Waals surface area contributed by atoms with Crippen molar-refractivity contribution >= 4 is 35.4 Å². The van der Waals surface area contributed by atoms with Gasteiger partial charge in [0.1, 0.15) is 0 Å². The molecule has 0 fully saturated rings. The van der Waals surface area contributed by atoms with Crippen LogP contribution in [0.4, 0.5) is 0 Å². The molecule has 0 aliphatic carbocycles. The molecule has 0 saturated carbocycles. The lowest BCUT2D eigenvalue weighted by Crippen LogP contribution is -1.69. The van der Waals surface area contributed by atoms with Gasteiger partial charge in [0.15, 0.2) is 0 Å². The smallest absolute Gasteiger partial charge is 0.0406 e. The van der Waals surface area contributed by atoms with Gasteiger partial charge >= 0.3 is 0 Å². The summed E-state index contributed by atoms with van der Waals surface area (Å²) in [5, 5.41) is 1.51. The molecule has 0 radical (unpaired) electrons. The van der Waals surface area contributed by atoms with E-state index in [2.05, 4.69) is 0 Å². The van der Waals surface area contributed by atoms with Crippen molar-refractivity contribution in [2.75, 3.05) is 0 Å². The fourth-order valence-corrected chi connectivity index (χ4v) is 1.86. The zero-order chi connectivity index (χ0) is 14.2. The summed E-state index contributed by atoms with van der Waals surface area (Å²) in [7, 11) is 0. The molecule has 0 nitrogen and oxygen atoms in total. The maximum atomic E-state index is 5.83. The predicted octanol–water partition coefficient (Wildman–Crippen LogP) is 6.28. The van der Waals surface area contributed by atoms with Crippen LogP contribution in [0.5, 0.6) is 0 Å². The fourth-order valence-electron chi connectivity index (χ4n) is 1.61. The molecule has 2 heteroatoms. The SMILES string of the molecule is Clc1ccc(/C=C/C=C\C=C\c2ccc(Cl)cc2)cc1. The van der Waals surface area contributed by atoms with Crippen molar-refractivity contribution < 1.29 is 0 Å².